The lowest BCUT2D eigenvalue weighted by molar-refractivity contribution is 0.0868. The van der Waals surface area contributed by atoms with Crippen molar-refractivity contribution in [3.8, 4) is 11.4 Å². The van der Waals surface area contributed by atoms with Gasteiger partial charge in [-0.25, -0.2) is 0 Å². The molecule has 6 nitrogen and oxygen atoms in total. The summed E-state index contributed by atoms with van der Waals surface area (Å²) >= 11 is 6.59. The third-order valence-electron chi connectivity index (χ3n) is 6.51. The molecule has 0 radical (unpaired) electrons. The van der Waals surface area contributed by atoms with E-state index in [1.807, 2.05) is 20.0 Å². The predicted octanol–water partition coefficient (Wildman–Crippen LogP) is 4.42. The van der Waals surface area contributed by atoms with Crippen molar-refractivity contribution in [1.82, 2.24) is 25.2 Å². The van der Waals surface area contributed by atoms with Gasteiger partial charge in [-0.2, -0.15) is 5.10 Å². The van der Waals surface area contributed by atoms with Gasteiger partial charge in [-0.15, -0.1) is 0 Å². The molecule has 0 bridgehead atoms. The number of nitrogens with zero attached hydrogens (tertiary/aromatic N) is 4. The first-order valence-electron chi connectivity index (χ1n) is 10.7. The number of aromatic nitrogens is 3. The Labute approximate surface area is 179 Å². The summed E-state index contributed by atoms with van der Waals surface area (Å²) in [4.78, 5) is 2.53. The van der Waals surface area contributed by atoms with Crippen molar-refractivity contribution in [3.63, 3.8) is 0 Å². The summed E-state index contributed by atoms with van der Waals surface area (Å²) in [6, 6.07) is 2.61. The number of hydrogen-bond acceptors (Lipinski definition) is 5. The van der Waals surface area contributed by atoms with Crippen molar-refractivity contribution >= 4 is 11.6 Å². The van der Waals surface area contributed by atoms with E-state index >= 15 is 0 Å². The van der Waals surface area contributed by atoms with Crippen LogP contribution >= 0.6 is 11.6 Å². The van der Waals surface area contributed by atoms with Crippen molar-refractivity contribution in [2.24, 2.45) is 17.9 Å². The summed E-state index contributed by atoms with van der Waals surface area (Å²) in [5.41, 5.74) is 3.55. The van der Waals surface area contributed by atoms with Gasteiger partial charge in [0.2, 0.25) is 0 Å². The zero-order valence-electron chi connectivity index (χ0n) is 18.4. The molecule has 1 aliphatic heterocycles. The number of likely N-dealkylation sites (tertiary alicyclic amines) is 1. The van der Waals surface area contributed by atoms with E-state index in [-0.39, 0.29) is 0 Å². The van der Waals surface area contributed by atoms with Gasteiger partial charge in [-0.05, 0) is 56.5 Å². The zero-order chi connectivity index (χ0) is 20.8. The normalized spacial score (nSPS) is 25.1. The van der Waals surface area contributed by atoms with E-state index < -0.39 is 0 Å². The Bertz CT molecular complexity index is 859. The molecule has 0 aromatic carbocycles. The number of rotatable bonds is 6. The molecule has 1 saturated heterocycles. The third kappa shape index (κ3) is 4.54. The maximum absolute atomic E-state index is 6.59. The molecule has 1 spiro atoms. The average molecular weight is 420 g/mol. The van der Waals surface area contributed by atoms with Crippen LogP contribution in [0.5, 0.6) is 0 Å². The quantitative estimate of drug-likeness (QED) is 0.751. The highest BCUT2D eigenvalue weighted by molar-refractivity contribution is 6.30. The molecule has 4 rings (SSSR count). The van der Waals surface area contributed by atoms with Crippen LogP contribution in [-0.2, 0) is 13.6 Å². The Hall–Kier alpha value is -1.37. The Morgan fingerprint density at radius 3 is 2.76 bits per heavy atom. The van der Waals surface area contributed by atoms with Crippen LogP contribution < -0.4 is 5.32 Å². The van der Waals surface area contributed by atoms with Gasteiger partial charge in [0, 0.05) is 37.8 Å². The molecule has 3 heterocycles. The number of hydrogen-bond donors (Lipinski definition) is 1. The molecule has 7 heteroatoms. The minimum Gasteiger partial charge on any atom is -0.361 e. The standard InChI is InChI=1S/C22H34ClN5O/c1-15-10-18(26-29-15)19-17(20(23)27(5)25-19)13-28-9-7-22(14-28)11-16(12-22)24-8-6-21(2,3)4/h10,16,24H,6-9,11-14H2,1-5H3. The average Bonchev–Trinajstić information content (AvgIpc) is 3.28. The van der Waals surface area contributed by atoms with Crippen molar-refractivity contribution < 1.29 is 4.52 Å². The summed E-state index contributed by atoms with van der Waals surface area (Å²) in [5, 5.41) is 13.2. The molecule has 1 N–H and O–H groups in total. The molecule has 0 atom stereocenters. The van der Waals surface area contributed by atoms with Gasteiger partial charge in [0.25, 0.3) is 0 Å². The van der Waals surface area contributed by atoms with E-state index in [0.29, 0.717) is 22.0 Å². The molecule has 1 aliphatic carbocycles. The van der Waals surface area contributed by atoms with Crippen molar-refractivity contribution in [1.29, 1.82) is 0 Å². The van der Waals surface area contributed by atoms with Gasteiger partial charge >= 0.3 is 0 Å². The monoisotopic (exact) mass is 419 g/mol. The Morgan fingerprint density at radius 1 is 1.34 bits per heavy atom. The van der Waals surface area contributed by atoms with E-state index in [1.54, 1.807) is 4.68 Å². The van der Waals surface area contributed by atoms with Crippen LogP contribution in [-0.4, -0.2) is 45.5 Å². The van der Waals surface area contributed by atoms with Gasteiger partial charge in [0.05, 0.1) is 0 Å². The van der Waals surface area contributed by atoms with Gasteiger partial charge in [-0.1, -0.05) is 37.5 Å². The van der Waals surface area contributed by atoms with E-state index in [1.165, 1.54) is 25.7 Å². The van der Waals surface area contributed by atoms with E-state index in [9.17, 15) is 0 Å². The lowest BCUT2D eigenvalue weighted by Crippen LogP contribution is -2.50. The third-order valence-corrected chi connectivity index (χ3v) is 6.98. The smallest absolute Gasteiger partial charge is 0.134 e. The largest absolute Gasteiger partial charge is 0.361 e. The highest BCUT2D eigenvalue weighted by atomic mass is 35.5. The molecular weight excluding hydrogens is 386 g/mol. The first-order chi connectivity index (χ1) is 13.6. The highest BCUT2D eigenvalue weighted by Crippen LogP contribution is 2.49. The molecule has 160 valence electrons. The molecular formula is C22H34ClN5O. The van der Waals surface area contributed by atoms with Crippen LogP contribution in [0.2, 0.25) is 5.15 Å². The molecule has 2 aliphatic rings. The van der Waals surface area contributed by atoms with E-state index in [2.05, 4.69) is 41.2 Å². The van der Waals surface area contributed by atoms with Crippen LogP contribution in [0.3, 0.4) is 0 Å². The van der Waals surface area contributed by atoms with Crippen LogP contribution in [0.4, 0.5) is 0 Å². The fourth-order valence-electron chi connectivity index (χ4n) is 4.87. The molecule has 0 unspecified atom stereocenters. The molecule has 2 aromatic rings. The first kappa shape index (κ1) is 20.9. The van der Waals surface area contributed by atoms with Gasteiger partial charge in [0.1, 0.15) is 22.3 Å². The summed E-state index contributed by atoms with van der Waals surface area (Å²) in [6.45, 7) is 13.0. The number of nitrogens with one attached hydrogen (secondary N) is 1. The van der Waals surface area contributed by atoms with Crippen molar-refractivity contribution in [2.75, 3.05) is 19.6 Å². The Balaban J connectivity index is 1.35. The zero-order valence-corrected chi connectivity index (χ0v) is 19.1. The number of halogens is 1. The summed E-state index contributed by atoms with van der Waals surface area (Å²) in [5.74, 6) is 0.785. The molecule has 1 saturated carbocycles. The summed E-state index contributed by atoms with van der Waals surface area (Å²) in [6.07, 6.45) is 5.10. The van der Waals surface area contributed by atoms with Gasteiger partial charge in [0.15, 0.2) is 0 Å². The highest BCUT2D eigenvalue weighted by Gasteiger charge is 2.48. The second-order valence-electron chi connectivity index (χ2n) is 10.4. The minimum absolute atomic E-state index is 0.404. The summed E-state index contributed by atoms with van der Waals surface area (Å²) in [7, 11) is 1.88. The van der Waals surface area contributed by atoms with Gasteiger partial charge in [-0.3, -0.25) is 9.58 Å². The fourth-order valence-corrected chi connectivity index (χ4v) is 5.06. The number of aryl methyl sites for hydroxylation is 2. The summed E-state index contributed by atoms with van der Waals surface area (Å²) < 4.78 is 6.99. The van der Waals surface area contributed by atoms with Crippen molar-refractivity contribution in [3.05, 3.63) is 22.5 Å². The Morgan fingerprint density at radius 2 is 2.10 bits per heavy atom. The maximum atomic E-state index is 6.59. The topological polar surface area (TPSA) is 59.1 Å². The lowest BCUT2D eigenvalue weighted by atomic mass is 9.65. The van der Waals surface area contributed by atoms with Gasteiger partial charge < -0.3 is 9.84 Å². The Kier molecular flexibility index (Phi) is 5.55. The second kappa shape index (κ2) is 7.71. The molecule has 0 amide bonds. The first-order valence-corrected chi connectivity index (χ1v) is 11.1. The molecule has 2 fully saturated rings. The fraction of sp³-hybridized carbons (Fsp3) is 0.727. The SMILES string of the molecule is Cc1cc(-c2nn(C)c(Cl)c2CN2CCC3(CC(NCCC(C)(C)C)C3)C2)no1. The second-order valence-corrected chi connectivity index (χ2v) is 10.8. The van der Waals surface area contributed by atoms with Crippen LogP contribution in [0.15, 0.2) is 10.6 Å². The predicted molar refractivity (Wildman–Crippen MR) is 116 cm³/mol. The lowest BCUT2D eigenvalue weighted by Gasteiger charge is -2.46. The molecule has 29 heavy (non-hydrogen) atoms. The minimum atomic E-state index is 0.404. The molecule has 2 aromatic heterocycles. The van der Waals surface area contributed by atoms with E-state index in [4.69, 9.17) is 16.1 Å². The van der Waals surface area contributed by atoms with Crippen LogP contribution in [0, 0.1) is 17.8 Å². The maximum Gasteiger partial charge on any atom is 0.134 e. The van der Waals surface area contributed by atoms with Crippen molar-refractivity contribution in [2.45, 2.75) is 66.0 Å². The van der Waals surface area contributed by atoms with E-state index in [0.717, 1.165) is 48.9 Å². The van der Waals surface area contributed by atoms with Crippen LogP contribution in [0.25, 0.3) is 11.4 Å². The van der Waals surface area contributed by atoms with Crippen LogP contribution in [0.1, 0.15) is 57.8 Å².